The van der Waals surface area contributed by atoms with Crippen molar-refractivity contribution in [2.75, 3.05) is 0 Å². The molecule has 4 bridgehead atoms. The average Bonchev–Trinajstić information content (AvgIpc) is 2.24. The van der Waals surface area contributed by atoms with Gasteiger partial charge in [0.1, 0.15) is 0 Å². The summed E-state index contributed by atoms with van der Waals surface area (Å²) in [5.41, 5.74) is 0. The predicted octanol–water partition coefficient (Wildman–Crippen LogP) is 3.97. The Kier molecular flexibility index (Phi) is 2.88. The van der Waals surface area contributed by atoms with Crippen LogP contribution in [-0.4, -0.2) is 5.38 Å². The molecule has 0 aromatic carbocycles. The third-order valence-corrected chi connectivity index (χ3v) is 5.76. The molecule has 0 aliphatic heterocycles. The van der Waals surface area contributed by atoms with Crippen molar-refractivity contribution < 1.29 is 0 Å². The van der Waals surface area contributed by atoms with Crippen LogP contribution in [0.5, 0.6) is 0 Å². The van der Waals surface area contributed by atoms with Gasteiger partial charge in [0.2, 0.25) is 0 Å². The molecular weight excluding hydrogens is 218 g/mol. The zero-order valence-electron chi connectivity index (χ0n) is 9.74. The largest absolute Gasteiger partial charge is 0.198 e. The Morgan fingerprint density at radius 1 is 1.06 bits per heavy atom. The van der Waals surface area contributed by atoms with Gasteiger partial charge in [0.15, 0.2) is 0 Å². The van der Waals surface area contributed by atoms with Crippen molar-refractivity contribution in [1.82, 2.24) is 0 Å². The summed E-state index contributed by atoms with van der Waals surface area (Å²) in [6.45, 7) is 0. The molecule has 0 amide bonds. The molecule has 0 N–H and O–H groups in total. The molecule has 4 aliphatic rings. The van der Waals surface area contributed by atoms with Crippen molar-refractivity contribution in [3.05, 3.63) is 0 Å². The zero-order valence-corrected chi connectivity index (χ0v) is 10.5. The van der Waals surface area contributed by atoms with Gasteiger partial charge in [0, 0.05) is 11.8 Å². The lowest BCUT2D eigenvalue weighted by Crippen LogP contribution is -2.48. The van der Waals surface area contributed by atoms with Crippen LogP contribution in [0.4, 0.5) is 0 Å². The van der Waals surface area contributed by atoms with Gasteiger partial charge in [-0.2, -0.15) is 5.26 Å². The molecule has 0 saturated heterocycles. The van der Waals surface area contributed by atoms with E-state index in [0.29, 0.717) is 6.42 Å². The Morgan fingerprint density at radius 2 is 1.62 bits per heavy atom. The van der Waals surface area contributed by atoms with Gasteiger partial charge >= 0.3 is 0 Å². The first-order chi connectivity index (χ1) is 7.78. The monoisotopic (exact) mass is 237 g/mol. The van der Waals surface area contributed by atoms with E-state index in [1.54, 1.807) is 0 Å². The first-order valence-corrected chi connectivity index (χ1v) is 7.22. The lowest BCUT2D eigenvalue weighted by Gasteiger charge is -2.55. The van der Waals surface area contributed by atoms with Crippen molar-refractivity contribution >= 4 is 11.6 Å². The maximum atomic E-state index is 8.66. The minimum Gasteiger partial charge on any atom is -0.198 e. The van der Waals surface area contributed by atoms with E-state index in [-0.39, 0.29) is 5.38 Å². The Bertz CT molecular complexity index is 278. The van der Waals surface area contributed by atoms with Gasteiger partial charge in [-0.3, -0.25) is 0 Å². The Morgan fingerprint density at radius 3 is 2.12 bits per heavy atom. The molecule has 4 saturated carbocycles. The first kappa shape index (κ1) is 10.9. The third kappa shape index (κ3) is 1.76. The standard InChI is InChI=1S/C14H20ClN/c15-13(2-1-3-16)14-11-5-9-4-10(7-11)8-12(14)6-9/h9-14H,1-2,4-8H2. The fraction of sp³-hybridized carbons (Fsp3) is 0.929. The molecule has 16 heavy (non-hydrogen) atoms. The van der Waals surface area contributed by atoms with E-state index >= 15 is 0 Å². The fourth-order valence-corrected chi connectivity index (χ4v) is 5.47. The number of nitrogens with zero attached hydrogens (tertiary/aromatic N) is 1. The van der Waals surface area contributed by atoms with E-state index in [4.69, 9.17) is 16.9 Å². The molecule has 0 radical (unpaired) electrons. The second-order valence-electron chi connectivity index (χ2n) is 6.22. The van der Waals surface area contributed by atoms with Gasteiger partial charge in [-0.1, -0.05) is 0 Å². The molecule has 0 spiro atoms. The van der Waals surface area contributed by atoms with Gasteiger partial charge in [0.25, 0.3) is 0 Å². The maximum Gasteiger partial charge on any atom is 0.0622 e. The van der Waals surface area contributed by atoms with Gasteiger partial charge in [-0.05, 0) is 68.1 Å². The van der Waals surface area contributed by atoms with E-state index in [9.17, 15) is 0 Å². The molecule has 2 heteroatoms. The summed E-state index contributed by atoms with van der Waals surface area (Å²) in [5.74, 6) is 4.59. The number of halogens is 1. The molecule has 4 aliphatic carbocycles. The quantitative estimate of drug-likeness (QED) is 0.682. The molecule has 1 atom stereocenters. The lowest BCUT2D eigenvalue weighted by molar-refractivity contribution is -0.0383. The fourth-order valence-electron chi connectivity index (χ4n) is 4.95. The molecule has 88 valence electrons. The van der Waals surface area contributed by atoms with Crippen LogP contribution in [-0.2, 0) is 0 Å². The highest BCUT2D eigenvalue weighted by molar-refractivity contribution is 6.20. The number of alkyl halides is 1. The summed E-state index contributed by atoms with van der Waals surface area (Å²) in [4.78, 5) is 0. The smallest absolute Gasteiger partial charge is 0.0622 e. The topological polar surface area (TPSA) is 23.8 Å². The SMILES string of the molecule is N#CCCC(Cl)C1C2CC3CC(C2)CC1C3. The second-order valence-corrected chi connectivity index (χ2v) is 6.78. The molecule has 4 fully saturated rings. The van der Waals surface area contributed by atoms with Crippen molar-refractivity contribution in [3.8, 4) is 6.07 Å². The minimum atomic E-state index is 0.273. The van der Waals surface area contributed by atoms with Crippen molar-refractivity contribution in [1.29, 1.82) is 5.26 Å². The molecule has 0 aromatic heterocycles. The van der Waals surface area contributed by atoms with Crippen molar-refractivity contribution in [2.45, 2.75) is 50.3 Å². The molecule has 1 unspecified atom stereocenters. The highest BCUT2D eigenvalue weighted by Crippen LogP contribution is 2.58. The van der Waals surface area contributed by atoms with E-state index in [0.717, 1.165) is 36.0 Å². The summed E-state index contributed by atoms with van der Waals surface area (Å²) in [6.07, 6.45) is 8.80. The Balaban J connectivity index is 1.69. The summed E-state index contributed by atoms with van der Waals surface area (Å²) in [5, 5.41) is 8.93. The number of rotatable bonds is 3. The summed E-state index contributed by atoms with van der Waals surface area (Å²) in [6, 6.07) is 2.24. The molecule has 1 nitrogen and oxygen atoms in total. The van der Waals surface area contributed by atoms with Crippen LogP contribution in [0.2, 0.25) is 0 Å². The van der Waals surface area contributed by atoms with Crippen LogP contribution < -0.4 is 0 Å². The van der Waals surface area contributed by atoms with E-state index < -0.39 is 0 Å². The molecular formula is C14H20ClN. The summed E-state index contributed by atoms with van der Waals surface area (Å²) in [7, 11) is 0. The van der Waals surface area contributed by atoms with E-state index in [1.807, 2.05) is 0 Å². The van der Waals surface area contributed by atoms with Crippen molar-refractivity contribution in [2.24, 2.45) is 29.6 Å². The lowest BCUT2D eigenvalue weighted by atomic mass is 9.51. The highest BCUT2D eigenvalue weighted by Gasteiger charge is 2.49. The Labute approximate surface area is 103 Å². The van der Waals surface area contributed by atoms with E-state index in [2.05, 4.69) is 6.07 Å². The van der Waals surface area contributed by atoms with Crippen LogP contribution in [0.3, 0.4) is 0 Å². The highest BCUT2D eigenvalue weighted by atomic mass is 35.5. The predicted molar refractivity (Wildman–Crippen MR) is 65.0 cm³/mol. The number of hydrogen-bond donors (Lipinski definition) is 0. The molecule has 0 heterocycles. The third-order valence-electron chi connectivity index (χ3n) is 5.25. The average molecular weight is 238 g/mol. The maximum absolute atomic E-state index is 8.66. The molecule has 4 rings (SSSR count). The summed E-state index contributed by atoms with van der Waals surface area (Å²) >= 11 is 6.55. The number of hydrogen-bond acceptors (Lipinski definition) is 1. The van der Waals surface area contributed by atoms with Crippen LogP contribution in [0.15, 0.2) is 0 Å². The normalized spacial score (nSPS) is 46.6. The van der Waals surface area contributed by atoms with E-state index in [1.165, 1.54) is 32.1 Å². The van der Waals surface area contributed by atoms with Crippen LogP contribution in [0.25, 0.3) is 0 Å². The van der Waals surface area contributed by atoms with Crippen LogP contribution in [0, 0.1) is 40.9 Å². The zero-order chi connectivity index (χ0) is 11.1. The van der Waals surface area contributed by atoms with Crippen LogP contribution >= 0.6 is 11.6 Å². The van der Waals surface area contributed by atoms with Crippen LogP contribution in [0.1, 0.15) is 44.9 Å². The van der Waals surface area contributed by atoms with Gasteiger partial charge in [-0.15, -0.1) is 11.6 Å². The Hall–Kier alpha value is -0.220. The minimum absolute atomic E-state index is 0.273. The first-order valence-electron chi connectivity index (χ1n) is 6.79. The molecule has 0 aromatic rings. The van der Waals surface area contributed by atoms with Gasteiger partial charge in [-0.25, -0.2) is 0 Å². The summed E-state index contributed by atoms with van der Waals surface area (Å²) < 4.78 is 0. The number of nitriles is 1. The van der Waals surface area contributed by atoms with Gasteiger partial charge < -0.3 is 0 Å². The van der Waals surface area contributed by atoms with Gasteiger partial charge in [0.05, 0.1) is 6.07 Å². The second kappa shape index (κ2) is 4.22. The van der Waals surface area contributed by atoms with Crippen molar-refractivity contribution in [3.63, 3.8) is 0 Å².